The van der Waals surface area contributed by atoms with Crippen molar-refractivity contribution in [2.24, 2.45) is 0 Å². The van der Waals surface area contributed by atoms with E-state index >= 15 is 0 Å². The van der Waals surface area contributed by atoms with Gasteiger partial charge in [0.15, 0.2) is 18.2 Å². The summed E-state index contributed by atoms with van der Waals surface area (Å²) >= 11 is 5.84. The molecule has 0 unspecified atom stereocenters. The first-order valence-electron chi connectivity index (χ1n) is 6.03. The highest BCUT2D eigenvalue weighted by Gasteiger charge is 2.06. The Hall–Kier alpha value is -2.07. The predicted octanol–water partition coefficient (Wildman–Crippen LogP) is 3.17. The van der Waals surface area contributed by atoms with Crippen LogP contribution in [0.3, 0.4) is 0 Å². The number of carbonyl (C=O) groups is 1. The molecule has 0 aromatic heterocycles. The summed E-state index contributed by atoms with van der Waals surface area (Å²) in [5.74, 6) is -0.756. The number of para-hydroxylation sites is 1. The molecule has 0 fully saturated rings. The molecule has 0 saturated heterocycles. The molecule has 104 valence electrons. The van der Waals surface area contributed by atoms with Crippen molar-refractivity contribution in [1.29, 1.82) is 0 Å². The number of hydrogen-bond acceptors (Lipinski definition) is 2. The summed E-state index contributed by atoms with van der Waals surface area (Å²) in [5.41, 5.74) is 0.886. The average molecular weight is 294 g/mol. The molecular weight excluding hydrogens is 281 g/mol. The third-order valence-corrected chi connectivity index (χ3v) is 2.81. The number of rotatable bonds is 5. The van der Waals surface area contributed by atoms with E-state index in [1.807, 2.05) is 6.07 Å². The topological polar surface area (TPSA) is 38.3 Å². The summed E-state index contributed by atoms with van der Waals surface area (Å²) < 4.78 is 18.4. The second kappa shape index (κ2) is 6.91. The first kappa shape index (κ1) is 14.3. The lowest BCUT2D eigenvalue weighted by Crippen LogP contribution is -2.28. The van der Waals surface area contributed by atoms with Gasteiger partial charge in [-0.2, -0.15) is 0 Å². The van der Waals surface area contributed by atoms with Crippen molar-refractivity contribution in [3.63, 3.8) is 0 Å². The van der Waals surface area contributed by atoms with Crippen LogP contribution in [-0.4, -0.2) is 12.5 Å². The largest absolute Gasteiger partial charge is 0.481 e. The van der Waals surface area contributed by atoms with Gasteiger partial charge in [0.25, 0.3) is 5.91 Å². The summed E-state index contributed by atoms with van der Waals surface area (Å²) in [6.45, 7) is 0.113. The minimum absolute atomic E-state index is 0.0606. The van der Waals surface area contributed by atoms with E-state index in [4.69, 9.17) is 16.3 Å². The molecule has 0 atom stereocenters. The molecule has 1 amide bonds. The Labute approximate surface area is 121 Å². The zero-order valence-electron chi connectivity index (χ0n) is 10.6. The minimum Gasteiger partial charge on any atom is -0.481 e. The van der Waals surface area contributed by atoms with Gasteiger partial charge in [-0.25, -0.2) is 4.39 Å². The Bertz CT molecular complexity index is 604. The lowest BCUT2D eigenvalue weighted by atomic mass is 10.2. The van der Waals surface area contributed by atoms with E-state index in [0.717, 1.165) is 5.56 Å². The second-order valence-corrected chi connectivity index (χ2v) is 4.56. The van der Waals surface area contributed by atoms with Gasteiger partial charge in [0, 0.05) is 11.6 Å². The van der Waals surface area contributed by atoms with Crippen molar-refractivity contribution in [2.45, 2.75) is 6.54 Å². The van der Waals surface area contributed by atoms with Crippen molar-refractivity contribution in [3.8, 4) is 5.75 Å². The van der Waals surface area contributed by atoms with Gasteiger partial charge in [-0.1, -0.05) is 35.9 Å². The van der Waals surface area contributed by atoms with Gasteiger partial charge in [-0.05, 0) is 29.8 Å². The highest BCUT2D eigenvalue weighted by Crippen LogP contribution is 2.15. The fourth-order valence-electron chi connectivity index (χ4n) is 1.60. The minimum atomic E-state index is -0.491. The molecule has 1 N–H and O–H groups in total. The van der Waals surface area contributed by atoms with Gasteiger partial charge in [0.1, 0.15) is 0 Å². The third-order valence-electron chi connectivity index (χ3n) is 2.57. The molecule has 3 nitrogen and oxygen atoms in total. The molecule has 2 rings (SSSR count). The Morgan fingerprint density at radius 3 is 2.75 bits per heavy atom. The van der Waals surface area contributed by atoms with Crippen LogP contribution in [0, 0.1) is 5.82 Å². The van der Waals surface area contributed by atoms with Gasteiger partial charge in [0.2, 0.25) is 0 Å². The lowest BCUT2D eigenvalue weighted by molar-refractivity contribution is -0.123. The fourth-order valence-corrected chi connectivity index (χ4v) is 1.82. The summed E-state index contributed by atoms with van der Waals surface area (Å²) in [7, 11) is 0. The van der Waals surface area contributed by atoms with Crippen molar-refractivity contribution < 1.29 is 13.9 Å². The normalized spacial score (nSPS) is 10.1. The van der Waals surface area contributed by atoms with E-state index in [1.165, 1.54) is 12.1 Å². The van der Waals surface area contributed by atoms with Crippen molar-refractivity contribution in [2.75, 3.05) is 6.61 Å². The first-order chi connectivity index (χ1) is 9.65. The smallest absolute Gasteiger partial charge is 0.258 e. The first-order valence-corrected chi connectivity index (χ1v) is 6.41. The van der Waals surface area contributed by atoms with Gasteiger partial charge in [-0.3, -0.25) is 4.79 Å². The number of amides is 1. The molecule has 0 aliphatic carbocycles. The van der Waals surface area contributed by atoms with Crippen LogP contribution in [0.25, 0.3) is 0 Å². The summed E-state index contributed by atoms with van der Waals surface area (Å²) in [5, 5.41) is 3.28. The summed E-state index contributed by atoms with van der Waals surface area (Å²) in [6, 6.07) is 13.1. The maximum absolute atomic E-state index is 13.3. The Balaban J connectivity index is 1.80. The third kappa shape index (κ3) is 4.24. The van der Waals surface area contributed by atoms with Crippen LogP contribution < -0.4 is 10.1 Å². The van der Waals surface area contributed by atoms with Gasteiger partial charge < -0.3 is 10.1 Å². The molecule has 5 heteroatoms. The van der Waals surface area contributed by atoms with Crippen molar-refractivity contribution in [1.82, 2.24) is 5.32 Å². The molecule has 0 spiro atoms. The molecule has 0 heterocycles. The van der Waals surface area contributed by atoms with Crippen LogP contribution >= 0.6 is 11.6 Å². The Kier molecular flexibility index (Phi) is 4.96. The van der Waals surface area contributed by atoms with Gasteiger partial charge >= 0.3 is 0 Å². The number of halogens is 2. The Morgan fingerprint density at radius 2 is 2.00 bits per heavy atom. The maximum atomic E-state index is 13.3. The molecule has 0 radical (unpaired) electrons. The number of hydrogen-bond donors (Lipinski definition) is 1. The highest BCUT2D eigenvalue weighted by atomic mass is 35.5. The maximum Gasteiger partial charge on any atom is 0.258 e. The molecule has 2 aromatic carbocycles. The van der Waals surface area contributed by atoms with E-state index in [-0.39, 0.29) is 18.3 Å². The quantitative estimate of drug-likeness (QED) is 0.919. The van der Waals surface area contributed by atoms with E-state index in [9.17, 15) is 9.18 Å². The van der Waals surface area contributed by atoms with E-state index in [0.29, 0.717) is 11.6 Å². The van der Waals surface area contributed by atoms with Crippen LogP contribution in [0.15, 0.2) is 48.5 Å². The van der Waals surface area contributed by atoms with Gasteiger partial charge in [0.05, 0.1) is 0 Å². The predicted molar refractivity (Wildman–Crippen MR) is 75.2 cm³/mol. The van der Waals surface area contributed by atoms with E-state index in [1.54, 1.807) is 30.3 Å². The van der Waals surface area contributed by atoms with Crippen LogP contribution in [0.1, 0.15) is 5.56 Å². The van der Waals surface area contributed by atoms with Gasteiger partial charge in [-0.15, -0.1) is 0 Å². The van der Waals surface area contributed by atoms with Crippen LogP contribution in [0.4, 0.5) is 4.39 Å². The van der Waals surface area contributed by atoms with E-state index < -0.39 is 5.82 Å². The summed E-state index contributed by atoms with van der Waals surface area (Å²) in [4.78, 5) is 11.6. The fraction of sp³-hybridized carbons (Fsp3) is 0.133. The lowest BCUT2D eigenvalue weighted by Gasteiger charge is -2.08. The molecule has 0 saturated carbocycles. The second-order valence-electron chi connectivity index (χ2n) is 4.13. The van der Waals surface area contributed by atoms with Crippen molar-refractivity contribution in [3.05, 3.63) is 64.9 Å². The number of nitrogens with one attached hydrogen (secondary N) is 1. The molecule has 0 bridgehead atoms. The zero-order valence-corrected chi connectivity index (χ0v) is 11.4. The molecule has 0 aliphatic rings. The number of carbonyl (C=O) groups excluding carboxylic acids is 1. The van der Waals surface area contributed by atoms with E-state index in [2.05, 4.69) is 5.32 Å². The molecule has 0 aliphatic heterocycles. The monoisotopic (exact) mass is 293 g/mol. The molecular formula is C15H13ClFNO2. The number of benzene rings is 2. The molecule has 20 heavy (non-hydrogen) atoms. The van der Waals surface area contributed by atoms with Crippen LogP contribution in [0.2, 0.25) is 5.02 Å². The SMILES string of the molecule is O=C(COc1ccccc1F)NCc1cccc(Cl)c1. The van der Waals surface area contributed by atoms with Crippen LogP contribution in [0.5, 0.6) is 5.75 Å². The summed E-state index contributed by atoms with van der Waals surface area (Å²) in [6.07, 6.45) is 0. The Morgan fingerprint density at radius 1 is 1.20 bits per heavy atom. The molecule has 2 aromatic rings. The highest BCUT2D eigenvalue weighted by molar-refractivity contribution is 6.30. The zero-order chi connectivity index (χ0) is 14.4. The van der Waals surface area contributed by atoms with Crippen molar-refractivity contribution >= 4 is 17.5 Å². The average Bonchev–Trinajstić information content (AvgIpc) is 2.44. The van der Waals surface area contributed by atoms with Crippen LogP contribution in [-0.2, 0) is 11.3 Å². The standard InChI is InChI=1S/C15H13ClFNO2/c16-12-5-3-4-11(8-12)9-18-15(19)10-20-14-7-2-1-6-13(14)17/h1-8H,9-10H2,(H,18,19). The number of ether oxygens (including phenoxy) is 1.